The SMILES string of the molecule is CN(C)CCCN1C(=O)C2=C(C(=O)C3CCCCC3O2)C1c1cccc(Br)c1. The van der Waals surface area contributed by atoms with E-state index in [0.29, 0.717) is 17.9 Å². The molecule has 150 valence electrons. The van der Waals surface area contributed by atoms with Crippen molar-refractivity contribution in [3.63, 3.8) is 0 Å². The number of Topliss-reactive ketones (excluding diaryl/α,β-unsaturated/α-hetero) is 1. The van der Waals surface area contributed by atoms with Crippen molar-refractivity contribution in [1.82, 2.24) is 9.80 Å². The Bertz CT molecular complexity index is 820. The van der Waals surface area contributed by atoms with Crippen LogP contribution in [-0.4, -0.2) is 54.8 Å². The first kappa shape index (κ1) is 19.6. The smallest absolute Gasteiger partial charge is 0.290 e. The van der Waals surface area contributed by atoms with Crippen LogP contribution in [-0.2, 0) is 14.3 Å². The van der Waals surface area contributed by atoms with E-state index in [0.717, 1.165) is 48.7 Å². The van der Waals surface area contributed by atoms with Crippen LogP contribution in [0, 0.1) is 5.92 Å². The highest BCUT2D eigenvalue weighted by Crippen LogP contribution is 2.46. The lowest BCUT2D eigenvalue weighted by Crippen LogP contribution is -2.39. The molecule has 1 aromatic rings. The lowest BCUT2D eigenvalue weighted by atomic mass is 9.77. The number of fused-ring (bicyclic) bond motifs is 1. The van der Waals surface area contributed by atoms with Crippen LogP contribution in [0.3, 0.4) is 0 Å². The zero-order chi connectivity index (χ0) is 19.8. The molecule has 0 radical (unpaired) electrons. The zero-order valence-corrected chi connectivity index (χ0v) is 18.1. The van der Waals surface area contributed by atoms with Crippen LogP contribution < -0.4 is 0 Å². The largest absolute Gasteiger partial charge is 0.483 e. The molecule has 2 heterocycles. The van der Waals surface area contributed by atoms with Gasteiger partial charge in [-0.25, -0.2) is 0 Å². The Hall–Kier alpha value is -1.66. The molecule has 3 unspecified atom stereocenters. The minimum absolute atomic E-state index is 0.100. The van der Waals surface area contributed by atoms with Gasteiger partial charge in [-0.3, -0.25) is 9.59 Å². The number of ketones is 1. The number of ether oxygens (including phenoxy) is 1. The Labute approximate surface area is 174 Å². The maximum atomic E-state index is 13.4. The van der Waals surface area contributed by atoms with E-state index in [1.807, 2.05) is 43.3 Å². The van der Waals surface area contributed by atoms with E-state index in [4.69, 9.17) is 4.74 Å². The summed E-state index contributed by atoms with van der Waals surface area (Å²) in [5.41, 5.74) is 1.54. The van der Waals surface area contributed by atoms with Gasteiger partial charge in [0, 0.05) is 11.0 Å². The van der Waals surface area contributed by atoms with Gasteiger partial charge in [0.1, 0.15) is 6.10 Å². The molecule has 1 amide bonds. The lowest BCUT2D eigenvalue weighted by Gasteiger charge is -2.35. The van der Waals surface area contributed by atoms with Gasteiger partial charge in [0.05, 0.1) is 17.5 Å². The van der Waals surface area contributed by atoms with Crippen molar-refractivity contribution < 1.29 is 14.3 Å². The molecule has 5 nitrogen and oxygen atoms in total. The van der Waals surface area contributed by atoms with E-state index >= 15 is 0 Å². The van der Waals surface area contributed by atoms with Gasteiger partial charge in [-0.1, -0.05) is 34.5 Å². The van der Waals surface area contributed by atoms with Gasteiger partial charge >= 0.3 is 0 Å². The van der Waals surface area contributed by atoms with Gasteiger partial charge in [-0.2, -0.15) is 0 Å². The number of amides is 1. The quantitative estimate of drug-likeness (QED) is 0.691. The highest BCUT2D eigenvalue weighted by Gasteiger charge is 2.51. The molecule has 1 fully saturated rings. The fourth-order valence-corrected chi connectivity index (χ4v) is 5.12. The molecule has 4 rings (SSSR count). The summed E-state index contributed by atoms with van der Waals surface area (Å²) in [5.74, 6) is 0.204. The molecule has 28 heavy (non-hydrogen) atoms. The molecule has 3 aliphatic rings. The fraction of sp³-hybridized carbons (Fsp3) is 0.545. The van der Waals surface area contributed by atoms with Crippen molar-refractivity contribution in [2.24, 2.45) is 5.92 Å². The molecule has 1 aromatic carbocycles. The molecule has 0 bridgehead atoms. The van der Waals surface area contributed by atoms with Gasteiger partial charge in [0.15, 0.2) is 11.5 Å². The van der Waals surface area contributed by atoms with Crippen LogP contribution in [0.25, 0.3) is 0 Å². The van der Waals surface area contributed by atoms with E-state index < -0.39 is 0 Å². The topological polar surface area (TPSA) is 49.9 Å². The maximum absolute atomic E-state index is 13.4. The maximum Gasteiger partial charge on any atom is 0.290 e. The molecular weight excluding hydrogens is 420 g/mol. The van der Waals surface area contributed by atoms with Crippen LogP contribution >= 0.6 is 15.9 Å². The Kier molecular flexibility index (Phi) is 5.61. The summed E-state index contributed by atoms with van der Waals surface area (Å²) in [4.78, 5) is 30.7. The molecular formula is C22H27BrN2O3. The van der Waals surface area contributed by atoms with E-state index in [9.17, 15) is 9.59 Å². The summed E-state index contributed by atoms with van der Waals surface area (Å²) in [5, 5.41) is 0. The monoisotopic (exact) mass is 446 g/mol. The van der Waals surface area contributed by atoms with Crippen LogP contribution in [0.4, 0.5) is 0 Å². The molecule has 0 spiro atoms. The van der Waals surface area contributed by atoms with Crippen LogP contribution in [0.5, 0.6) is 0 Å². The molecule has 0 aromatic heterocycles. The summed E-state index contributed by atoms with van der Waals surface area (Å²) < 4.78 is 7.13. The van der Waals surface area contributed by atoms with Crippen molar-refractivity contribution in [2.45, 2.75) is 44.2 Å². The van der Waals surface area contributed by atoms with Crippen molar-refractivity contribution in [3.8, 4) is 0 Å². The summed E-state index contributed by atoms with van der Waals surface area (Å²) in [7, 11) is 4.05. The first-order chi connectivity index (χ1) is 13.5. The summed E-state index contributed by atoms with van der Waals surface area (Å²) >= 11 is 3.53. The Morgan fingerprint density at radius 1 is 1.21 bits per heavy atom. The first-order valence-electron chi connectivity index (χ1n) is 10.1. The number of hydrogen-bond donors (Lipinski definition) is 0. The van der Waals surface area contributed by atoms with E-state index in [2.05, 4.69) is 20.8 Å². The van der Waals surface area contributed by atoms with Crippen LogP contribution in [0.2, 0.25) is 0 Å². The third kappa shape index (κ3) is 3.52. The number of nitrogens with zero attached hydrogens (tertiary/aromatic N) is 2. The number of rotatable bonds is 5. The number of halogens is 1. The minimum atomic E-state index is -0.350. The highest BCUT2D eigenvalue weighted by molar-refractivity contribution is 9.10. The average Bonchev–Trinajstić information content (AvgIpc) is 2.94. The van der Waals surface area contributed by atoms with Crippen LogP contribution in [0.1, 0.15) is 43.7 Å². The summed E-state index contributed by atoms with van der Waals surface area (Å²) in [6, 6.07) is 7.57. The molecule has 6 heteroatoms. The van der Waals surface area contributed by atoms with Crippen molar-refractivity contribution in [1.29, 1.82) is 0 Å². The second-order valence-electron chi connectivity index (χ2n) is 8.27. The van der Waals surface area contributed by atoms with Gasteiger partial charge < -0.3 is 14.5 Å². The third-order valence-electron chi connectivity index (χ3n) is 6.03. The molecule has 1 aliphatic carbocycles. The Morgan fingerprint density at radius 2 is 2.00 bits per heavy atom. The van der Waals surface area contributed by atoms with Gasteiger partial charge in [0.25, 0.3) is 5.91 Å². The zero-order valence-electron chi connectivity index (χ0n) is 16.5. The Morgan fingerprint density at radius 3 is 2.75 bits per heavy atom. The van der Waals surface area contributed by atoms with Gasteiger partial charge in [-0.15, -0.1) is 0 Å². The van der Waals surface area contributed by atoms with E-state index in [-0.39, 0.29) is 29.8 Å². The normalized spacial score (nSPS) is 27.1. The average molecular weight is 447 g/mol. The molecule has 0 N–H and O–H groups in total. The first-order valence-corrected chi connectivity index (χ1v) is 10.9. The summed E-state index contributed by atoms with van der Waals surface area (Å²) in [6.45, 7) is 1.49. The van der Waals surface area contributed by atoms with E-state index in [1.54, 1.807) is 0 Å². The van der Waals surface area contributed by atoms with E-state index in [1.165, 1.54) is 0 Å². The Balaban J connectivity index is 1.71. The molecule has 2 aliphatic heterocycles. The third-order valence-corrected chi connectivity index (χ3v) is 6.52. The van der Waals surface area contributed by atoms with Crippen molar-refractivity contribution in [2.75, 3.05) is 27.2 Å². The van der Waals surface area contributed by atoms with Gasteiger partial charge in [-0.05, 0) is 64.0 Å². The lowest BCUT2D eigenvalue weighted by molar-refractivity contribution is -0.135. The molecule has 3 atom stereocenters. The number of benzene rings is 1. The molecule has 0 saturated heterocycles. The number of hydrogen-bond acceptors (Lipinski definition) is 4. The standard InChI is InChI=1S/C22H27BrN2O3/c1-24(2)11-6-12-25-19(14-7-5-8-15(23)13-14)18-20(26)16-9-3-4-10-17(16)28-21(18)22(25)27/h5,7-8,13,16-17,19H,3-4,6,9-12H2,1-2H3. The number of carbonyl (C=O) groups excluding carboxylic acids is 2. The predicted octanol–water partition coefficient (Wildman–Crippen LogP) is 3.70. The predicted molar refractivity (Wildman–Crippen MR) is 111 cm³/mol. The second-order valence-corrected chi connectivity index (χ2v) is 9.18. The minimum Gasteiger partial charge on any atom is -0.483 e. The number of carbonyl (C=O) groups is 2. The highest BCUT2D eigenvalue weighted by atomic mass is 79.9. The molecule has 1 saturated carbocycles. The van der Waals surface area contributed by atoms with Gasteiger partial charge in [0.2, 0.25) is 0 Å². The van der Waals surface area contributed by atoms with Crippen molar-refractivity contribution >= 4 is 27.6 Å². The summed E-state index contributed by atoms with van der Waals surface area (Å²) in [6.07, 6.45) is 4.57. The van der Waals surface area contributed by atoms with Crippen molar-refractivity contribution in [3.05, 3.63) is 45.6 Å². The fourth-order valence-electron chi connectivity index (χ4n) is 4.70. The second kappa shape index (κ2) is 7.99. The van der Waals surface area contributed by atoms with Crippen LogP contribution in [0.15, 0.2) is 40.1 Å².